The largest absolute Gasteiger partial charge is 0.493 e. The van der Waals surface area contributed by atoms with Crippen LogP contribution < -0.4 is 9.47 Å². The zero-order valence-corrected chi connectivity index (χ0v) is 20.6. The van der Waals surface area contributed by atoms with Gasteiger partial charge in [-0.3, -0.25) is 14.7 Å². The number of amides is 1. The van der Waals surface area contributed by atoms with Crippen molar-refractivity contribution in [1.29, 1.82) is 0 Å². The first-order valence-electron chi connectivity index (χ1n) is 11.1. The predicted molar refractivity (Wildman–Crippen MR) is 137 cm³/mol. The van der Waals surface area contributed by atoms with Gasteiger partial charge >= 0.3 is 0 Å². The number of thioether (sulfide) groups is 1. The maximum atomic E-state index is 13.3. The Morgan fingerprint density at radius 1 is 1.17 bits per heavy atom. The SMILES string of the molecule is COc1cc(/C=C2\S/C(=N/N=C\c3cccnc3)N(Cc3ccco3)C2=O)ccc1OCC(C)C. The third-order valence-electron chi connectivity index (χ3n) is 4.87. The molecule has 35 heavy (non-hydrogen) atoms. The van der Waals surface area contributed by atoms with Crippen molar-refractivity contribution >= 4 is 35.1 Å². The van der Waals surface area contributed by atoms with Gasteiger partial charge in [0.05, 0.1) is 37.6 Å². The van der Waals surface area contributed by atoms with Crippen LogP contribution in [0, 0.1) is 5.92 Å². The molecule has 1 fully saturated rings. The van der Waals surface area contributed by atoms with Gasteiger partial charge in [-0.15, -0.1) is 5.10 Å². The van der Waals surface area contributed by atoms with E-state index in [4.69, 9.17) is 13.9 Å². The Hall–Kier alpha value is -3.85. The molecule has 3 aromatic rings. The Morgan fingerprint density at radius 2 is 2.06 bits per heavy atom. The van der Waals surface area contributed by atoms with Crippen LogP contribution >= 0.6 is 11.8 Å². The van der Waals surface area contributed by atoms with E-state index in [2.05, 4.69) is 29.0 Å². The Labute approximate surface area is 208 Å². The van der Waals surface area contributed by atoms with Crippen LogP contribution in [0.15, 0.2) is 80.6 Å². The van der Waals surface area contributed by atoms with Gasteiger partial charge in [0.15, 0.2) is 16.7 Å². The van der Waals surface area contributed by atoms with Crippen molar-refractivity contribution in [2.75, 3.05) is 13.7 Å². The van der Waals surface area contributed by atoms with Gasteiger partial charge in [0.25, 0.3) is 5.91 Å². The molecular formula is C26H26N4O4S. The number of ether oxygens (including phenoxy) is 2. The minimum absolute atomic E-state index is 0.180. The van der Waals surface area contributed by atoms with E-state index in [0.717, 1.165) is 11.1 Å². The summed E-state index contributed by atoms with van der Waals surface area (Å²) in [6.07, 6.45) is 8.36. The molecule has 0 unspecified atom stereocenters. The number of methoxy groups -OCH3 is 1. The normalized spacial score (nSPS) is 16.2. The molecule has 9 heteroatoms. The molecular weight excluding hydrogens is 464 g/mol. The van der Waals surface area contributed by atoms with Crippen molar-refractivity contribution in [3.8, 4) is 11.5 Å². The van der Waals surface area contributed by atoms with Crippen LogP contribution in [0.2, 0.25) is 0 Å². The van der Waals surface area contributed by atoms with Crippen LogP contribution in [0.5, 0.6) is 11.5 Å². The van der Waals surface area contributed by atoms with Gasteiger partial charge in [0.2, 0.25) is 0 Å². The van der Waals surface area contributed by atoms with Crippen molar-refractivity contribution in [3.63, 3.8) is 0 Å². The van der Waals surface area contributed by atoms with Gasteiger partial charge in [-0.25, -0.2) is 0 Å². The first-order valence-corrected chi connectivity index (χ1v) is 11.9. The maximum absolute atomic E-state index is 13.3. The number of rotatable bonds is 9. The molecule has 1 amide bonds. The van der Waals surface area contributed by atoms with Crippen LogP contribution in [0.3, 0.4) is 0 Å². The van der Waals surface area contributed by atoms with E-state index >= 15 is 0 Å². The third-order valence-corrected chi connectivity index (χ3v) is 5.87. The highest BCUT2D eigenvalue weighted by Gasteiger charge is 2.34. The highest BCUT2D eigenvalue weighted by molar-refractivity contribution is 8.18. The van der Waals surface area contributed by atoms with Crippen molar-refractivity contribution in [2.45, 2.75) is 20.4 Å². The lowest BCUT2D eigenvalue weighted by atomic mass is 10.1. The average Bonchev–Trinajstić information content (AvgIpc) is 3.48. The fourth-order valence-electron chi connectivity index (χ4n) is 3.18. The van der Waals surface area contributed by atoms with Gasteiger partial charge in [-0.05, 0) is 59.7 Å². The van der Waals surface area contributed by atoms with E-state index in [-0.39, 0.29) is 12.5 Å². The van der Waals surface area contributed by atoms with Crippen LogP contribution in [0.4, 0.5) is 0 Å². The second kappa shape index (κ2) is 11.5. The zero-order chi connectivity index (χ0) is 24.6. The molecule has 1 saturated heterocycles. The number of hydrogen-bond acceptors (Lipinski definition) is 8. The molecule has 1 aliphatic heterocycles. The summed E-state index contributed by atoms with van der Waals surface area (Å²) >= 11 is 1.25. The van der Waals surface area contributed by atoms with Gasteiger partial charge in [0, 0.05) is 18.0 Å². The lowest BCUT2D eigenvalue weighted by Gasteiger charge is -2.13. The summed E-state index contributed by atoms with van der Waals surface area (Å²) in [5.41, 5.74) is 1.62. The van der Waals surface area contributed by atoms with Crippen LogP contribution in [0.25, 0.3) is 6.08 Å². The summed E-state index contributed by atoms with van der Waals surface area (Å²) in [4.78, 5) is 19.4. The summed E-state index contributed by atoms with van der Waals surface area (Å²) < 4.78 is 16.8. The smallest absolute Gasteiger partial charge is 0.267 e. The standard InChI is InChI=1S/C26H26N4O4S/c1-18(2)17-34-22-9-8-19(12-23(22)32-3)13-24-25(31)30(16-21-7-5-11-33-21)26(35-24)29-28-15-20-6-4-10-27-14-20/h4-15,18H,16-17H2,1-3H3/b24-13-,28-15-,29-26+. The first kappa shape index (κ1) is 24.3. The van der Waals surface area contributed by atoms with Gasteiger partial charge in [-0.1, -0.05) is 26.0 Å². The molecule has 0 saturated carbocycles. The molecule has 180 valence electrons. The quantitative estimate of drug-likeness (QED) is 0.232. The number of pyridine rings is 1. The topological polar surface area (TPSA) is 89.5 Å². The minimum Gasteiger partial charge on any atom is -0.493 e. The number of furan rings is 1. The third kappa shape index (κ3) is 6.39. The zero-order valence-electron chi connectivity index (χ0n) is 19.7. The Bertz CT molecular complexity index is 1240. The highest BCUT2D eigenvalue weighted by Crippen LogP contribution is 2.35. The lowest BCUT2D eigenvalue weighted by molar-refractivity contribution is -0.122. The molecule has 0 N–H and O–H groups in total. The van der Waals surface area contributed by atoms with Crippen LogP contribution in [0.1, 0.15) is 30.7 Å². The number of hydrogen-bond donors (Lipinski definition) is 0. The molecule has 0 spiro atoms. The minimum atomic E-state index is -0.180. The Kier molecular flexibility index (Phi) is 7.99. The molecule has 0 bridgehead atoms. The van der Waals surface area contributed by atoms with E-state index in [1.807, 2.05) is 42.5 Å². The molecule has 1 aromatic carbocycles. The molecule has 0 radical (unpaired) electrons. The summed E-state index contributed by atoms with van der Waals surface area (Å²) in [7, 11) is 1.60. The monoisotopic (exact) mass is 490 g/mol. The summed E-state index contributed by atoms with van der Waals surface area (Å²) in [5, 5.41) is 8.94. The number of aromatic nitrogens is 1. The number of carbonyl (C=O) groups is 1. The van der Waals surface area contributed by atoms with E-state index in [0.29, 0.717) is 39.9 Å². The Balaban J connectivity index is 1.59. The molecule has 1 aliphatic rings. The number of carbonyl (C=O) groups excluding carboxylic acids is 1. The van der Waals surface area contributed by atoms with Crippen molar-refractivity contribution < 1.29 is 18.7 Å². The van der Waals surface area contributed by atoms with Gasteiger partial charge in [-0.2, -0.15) is 5.10 Å². The first-order chi connectivity index (χ1) is 17.0. The van der Waals surface area contributed by atoms with Crippen molar-refractivity contribution in [1.82, 2.24) is 9.88 Å². The van der Waals surface area contributed by atoms with Crippen molar-refractivity contribution in [3.05, 3.63) is 82.9 Å². The maximum Gasteiger partial charge on any atom is 0.267 e. The van der Waals surface area contributed by atoms with Crippen LogP contribution in [-0.4, -0.2) is 40.9 Å². The number of amidine groups is 1. The molecule has 3 heterocycles. The van der Waals surface area contributed by atoms with E-state index < -0.39 is 0 Å². The summed E-state index contributed by atoms with van der Waals surface area (Å²) in [6, 6.07) is 12.9. The summed E-state index contributed by atoms with van der Waals surface area (Å²) in [6.45, 7) is 5.01. The highest BCUT2D eigenvalue weighted by atomic mass is 32.2. The molecule has 0 atom stereocenters. The molecule has 0 aliphatic carbocycles. The fraction of sp³-hybridized carbons (Fsp3) is 0.231. The van der Waals surface area contributed by atoms with Gasteiger partial charge < -0.3 is 13.9 Å². The second-order valence-electron chi connectivity index (χ2n) is 8.11. The van der Waals surface area contributed by atoms with E-state index in [1.54, 1.807) is 42.9 Å². The number of nitrogens with zero attached hydrogens (tertiary/aromatic N) is 4. The number of benzene rings is 1. The van der Waals surface area contributed by atoms with Crippen molar-refractivity contribution in [2.24, 2.45) is 16.1 Å². The average molecular weight is 491 g/mol. The lowest BCUT2D eigenvalue weighted by Crippen LogP contribution is -2.28. The molecule has 2 aromatic heterocycles. The fourth-order valence-corrected chi connectivity index (χ4v) is 4.11. The second-order valence-corrected chi connectivity index (χ2v) is 9.12. The van der Waals surface area contributed by atoms with E-state index in [9.17, 15) is 4.79 Å². The molecule has 8 nitrogen and oxygen atoms in total. The molecule has 4 rings (SSSR count). The van der Waals surface area contributed by atoms with Gasteiger partial charge in [0.1, 0.15) is 5.76 Å². The van der Waals surface area contributed by atoms with Crippen LogP contribution in [-0.2, 0) is 11.3 Å². The van der Waals surface area contributed by atoms with E-state index in [1.165, 1.54) is 11.8 Å². The predicted octanol–water partition coefficient (Wildman–Crippen LogP) is 5.22. The summed E-state index contributed by atoms with van der Waals surface area (Å²) in [5.74, 6) is 2.14. The Morgan fingerprint density at radius 3 is 2.77 bits per heavy atom.